The van der Waals surface area contributed by atoms with Crippen molar-refractivity contribution in [1.29, 1.82) is 0 Å². The summed E-state index contributed by atoms with van der Waals surface area (Å²) in [4.78, 5) is 30.5. The van der Waals surface area contributed by atoms with E-state index in [4.69, 9.17) is 14.8 Å². The summed E-state index contributed by atoms with van der Waals surface area (Å²) in [6.45, 7) is 0.326. The van der Waals surface area contributed by atoms with Gasteiger partial charge in [0.1, 0.15) is 17.4 Å². The average molecular weight is 596 g/mol. The SMILES string of the molecule is O=C(O)c1ccc(COc2ccc(C=Nc3sc4c(c3C(=O)NC3CCCCC3)CCCC4)cc2Br)cc1. The van der Waals surface area contributed by atoms with E-state index in [1.807, 2.05) is 24.4 Å². The van der Waals surface area contributed by atoms with Crippen molar-refractivity contribution < 1.29 is 19.4 Å². The molecule has 0 atom stereocenters. The molecule has 5 rings (SSSR count). The first-order chi connectivity index (χ1) is 18.5. The van der Waals surface area contributed by atoms with Gasteiger partial charge < -0.3 is 15.2 Å². The Morgan fingerprint density at radius 1 is 1.05 bits per heavy atom. The van der Waals surface area contributed by atoms with Gasteiger partial charge in [0, 0.05) is 17.1 Å². The molecule has 3 aromatic rings. The minimum Gasteiger partial charge on any atom is -0.488 e. The average Bonchev–Trinajstić information content (AvgIpc) is 3.31. The van der Waals surface area contributed by atoms with Gasteiger partial charge in [0.25, 0.3) is 5.91 Å². The highest BCUT2D eigenvalue weighted by atomic mass is 79.9. The number of nitrogens with one attached hydrogen (secondary N) is 1. The predicted octanol–water partition coefficient (Wildman–Crippen LogP) is 7.48. The number of carboxylic acid groups (broad SMARTS) is 1. The monoisotopic (exact) mass is 594 g/mol. The second-order valence-electron chi connectivity index (χ2n) is 9.94. The molecule has 2 aliphatic carbocycles. The van der Waals surface area contributed by atoms with Crippen molar-refractivity contribution in [2.24, 2.45) is 4.99 Å². The van der Waals surface area contributed by atoms with E-state index in [-0.39, 0.29) is 17.5 Å². The minimum atomic E-state index is -0.947. The number of carbonyl (C=O) groups is 2. The van der Waals surface area contributed by atoms with Crippen molar-refractivity contribution in [1.82, 2.24) is 5.32 Å². The molecular weight excluding hydrogens is 564 g/mol. The molecule has 0 aliphatic heterocycles. The highest BCUT2D eigenvalue weighted by Gasteiger charge is 2.27. The predicted molar refractivity (Wildman–Crippen MR) is 154 cm³/mol. The van der Waals surface area contributed by atoms with Gasteiger partial charge in [-0.2, -0.15) is 0 Å². The number of nitrogens with zero attached hydrogens (tertiary/aromatic N) is 1. The van der Waals surface area contributed by atoms with Crippen LogP contribution in [0.25, 0.3) is 0 Å². The molecule has 2 N–H and O–H groups in total. The molecule has 2 aliphatic rings. The quantitative estimate of drug-likeness (QED) is 0.265. The fourth-order valence-electron chi connectivity index (χ4n) is 5.13. The normalized spacial score (nSPS) is 15.8. The Kier molecular flexibility index (Phi) is 8.59. The second kappa shape index (κ2) is 12.3. The molecule has 0 saturated heterocycles. The molecule has 198 valence electrons. The van der Waals surface area contributed by atoms with E-state index in [0.717, 1.165) is 58.3 Å². The number of ether oxygens (including phenoxy) is 1. The van der Waals surface area contributed by atoms with Gasteiger partial charge in [-0.3, -0.25) is 4.79 Å². The van der Waals surface area contributed by atoms with Gasteiger partial charge in [-0.25, -0.2) is 9.79 Å². The van der Waals surface area contributed by atoms with Crippen LogP contribution in [0.5, 0.6) is 5.75 Å². The maximum atomic E-state index is 13.4. The lowest BCUT2D eigenvalue weighted by atomic mass is 9.93. The first kappa shape index (κ1) is 26.6. The maximum Gasteiger partial charge on any atom is 0.335 e. The van der Waals surface area contributed by atoms with Gasteiger partial charge in [0.15, 0.2) is 0 Å². The van der Waals surface area contributed by atoms with Crippen molar-refractivity contribution in [3.63, 3.8) is 0 Å². The largest absolute Gasteiger partial charge is 0.488 e. The number of benzene rings is 2. The summed E-state index contributed by atoms with van der Waals surface area (Å²) in [7, 11) is 0. The molecule has 0 bridgehead atoms. The van der Waals surface area contributed by atoms with Crippen molar-refractivity contribution in [2.75, 3.05) is 0 Å². The standard InChI is InChI=1S/C30H31BrN2O4S/c31-24-16-20(12-15-25(24)37-18-19-10-13-21(14-11-19)30(35)36)17-32-29-27(23-8-4-5-9-26(23)38-29)28(34)33-22-6-2-1-3-7-22/h10-17,22H,1-9,18H2,(H,33,34)(H,35,36). The first-order valence-corrected chi connectivity index (χ1v) is 14.8. The van der Waals surface area contributed by atoms with Crippen LogP contribution in [-0.4, -0.2) is 29.2 Å². The van der Waals surface area contributed by atoms with E-state index in [0.29, 0.717) is 12.4 Å². The van der Waals surface area contributed by atoms with Crippen LogP contribution in [0, 0.1) is 0 Å². The Morgan fingerprint density at radius 3 is 2.55 bits per heavy atom. The molecule has 0 unspecified atom stereocenters. The number of fused-ring (bicyclic) bond motifs is 1. The zero-order chi connectivity index (χ0) is 26.5. The number of aryl methyl sites for hydroxylation is 1. The Balaban J connectivity index is 1.29. The zero-order valence-corrected chi connectivity index (χ0v) is 23.6. The third kappa shape index (κ3) is 6.35. The number of halogens is 1. The van der Waals surface area contributed by atoms with Crippen LogP contribution >= 0.6 is 27.3 Å². The second-order valence-corrected chi connectivity index (χ2v) is 11.9. The van der Waals surface area contributed by atoms with Crippen molar-refractivity contribution in [3.05, 3.63) is 79.6 Å². The summed E-state index contributed by atoms with van der Waals surface area (Å²) >= 11 is 5.25. The summed E-state index contributed by atoms with van der Waals surface area (Å²) in [6.07, 6.45) is 11.8. The van der Waals surface area contributed by atoms with Crippen LogP contribution in [0.15, 0.2) is 51.9 Å². The number of hydrogen-bond acceptors (Lipinski definition) is 5. The van der Waals surface area contributed by atoms with E-state index in [1.165, 1.54) is 36.1 Å². The van der Waals surface area contributed by atoms with Crippen molar-refractivity contribution in [3.8, 4) is 5.75 Å². The molecule has 2 aromatic carbocycles. The van der Waals surface area contributed by atoms with Gasteiger partial charge in [-0.15, -0.1) is 11.3 Å². The summed E-state index contributed by atoms with van der Waals surface area (Å²) in [6, 6.07) is 12.7. The van der Waals surface area contributed by atoms with E-state index < -0.39 is 5.97 Å². The van der Waals surface area contributed by atoms with Crippen LogP contribution in [-0.2, 0) is 19.4 Å². The number of carbonyl (C=O) groups excluding carboxylic acids is 1. The van der Waals surface area contributed by atoms with E-state index in [2.05, 4.69) is 21.2 Å². The van der Waals surface area contributed by atoms with Crippen LogP contribution in [0.1, 0.15) is 87.2 Å². The van der Waals surface area contributed by atoms with Crippen LogP contribution < -0.4 is 10.1 Å². The van der Waals surface area contributed by atoms with Gasteiger partial charge >= 0.3 is 5.97 Å². The Morgan fingerprint density at radius 2 is 1.82 bits per heavy atom. The van der Waals surface area contributed by atoms with E-state index in [1.54, 1.807) is 35.6 Å². The number of aromatic carboxylic acids is 1. The molecule has 8 heteroatoms. The fraction of sp³-hybridized carbons (Fsp3) is 0.367. The smallest absolute Gasteiger partial charge is 0.335 e. The van der Waals surface area contributed by atoms with Gasteiger partial charge in [0.2, 0.25) is 0 Å². The number of thiophene rings is 1. The lowest BCUT2D eigenvalue weighted by Crippen LogP contribution is -2.36. The number of hydrogen-bond donors (Lipinski definition) is 2. The molecule has 1 aromatic heterocycles. The summed E-state index contributed by atoms with van der Waals surface area (Å²) in [5.74, 6) is -0.231. The topological polar surface area (TPSA) is 88.0 Å². The minimum absolute atomic E-state index is 0.0322. The third-order valence-corrected chi connectivity index (χ3v) is 9.02. The Hall–Kier alpha value is -2.97. The molecular formula is C30H31BrN2O4S. The Labute approximate surface area is 235 Å². The van der Waals surface area contributed by atoms with Gasteiger partial charge in [0.05, 0.1) is 15.6 Å². The molecule has 1 fully saturated rings. The molecule has 0 spiro atoms. The molecule has 38 heavy (non-hydrogen) atoms. The van der Waals surface area contributed by atoms with Crippen LogP contribution in [0.4, 0.5) is 5.00 Å². The summed E-state index contributed by atoms with van der Waals surface area (Å²) in [5.41, 5.74) is 4.01. The van der Waals surface area contributed by atoms with Crippen molar-refractivity contribution in [2.45, 2.75) is 70.4 Å². The molecule has 0 radical (unpaired) electrons. The lowest BCUT2D eigenvalue weighted by molar-refractivity contribution is 0.0696. The Bertz CT molecular complexity index is 1340. The van der Waals surface area contributed by atoms with E-state index in [9.17, 15) is 9.59 Å². The molecule has 6 nitrogen and oxygen atoms in total. The third-order valence-electron chi connectivity index (χ3n) is 7.20. The van der Waals surface area contributed by atoms with E-state index >= 15 is 0 Å². The molecule has 1 heterocycles. The first-order valence-electron chi connectivity index (χ1n) is 13.2. The maximum absolute atomic E-state index is 13.4. The van der Waals surface area contributed by atoms with Gasteiger partial charge in [-0.1, -0.05) is 31.4 Å². The van der Waals surface area contributed by atoms with Crippen molar-refractivity contribution >= 4 is 50.4 Å². The highest BCUT2D eigenvalue weighted by Crippen LogP contribution is 2.40. The molecule has 1 saturated carbocycles. The summed E-state index contributed by atoms with van der Waals surface area (Å²) < 4.78 is 6.72. The summed E-state index contributed by atoms with van der Waals surface area (Å²) in [5, 5.41) is 13.1. The van der Waals surface area contributed by atoms with Gasteiger partial charge in [-0.05, 0) is 101 Å². The lowest BCUT2D eigenvalue weighted by Gasteiger charge is -2.23. The highest BCUT2D eigenvalue weighted by molar-refractivity contribution is 9.10. The molecule has 1 amide bonds. The number of amides is 1. The van der Waals surface area contributed by atoms with Crippen LogP contribution in [0.3, 0.4) is 0 Å². The van der Waals surface area contributed by atoms with Crippen LogP contribution in [0.2, 0.25) is 0 Å². The number of rotatable bonds is 8. The zero-order valence-electron chi connectivity index (χ0n) is 21.2. The number of carboxylic acids is 1. The fourth-order valence-corrected chi connectivity index (χ4v) is 6.87. The number of aliphatic imine (C=N–C) groups is 1.